The molecule has 3 heterocycles. The van der Waals surface area contributed by atoms with Crippen molar-refractivity contribution >= 4 is 12.6 Å². The van der Waals surface area contributed by atoms with Crippen LogP contribution in [0.2, 0.25) is 0 Å². The predicted octanol–water partition coefficient (Wildman–Crippen LogP) is 9.25. The lowest BCUT2D eigenvalue weighted by molar-refractivity contribution is 0.00578. The number of hydrogen-bond acceptors (Lipinski definition) is 4. The molecule has 48 heavy (non-hydrogen) atoms. The lowest BCUT2D eigenvalue weighted by Gasteiger charge is -2.32. The second-order valence-corrected chi connectivity index (χ2v) is 18.1. The number of likely N-dealkylation sites (tertiary alicyclic amines) is 1. The van der Waals surface area contributed by atoms with Gasteiger partial charge in [-0.2, -0.15) is 0 Å². The van der Waals surface area contributed by atoms with E-state index in [-0.39, 0.29) is 18.3 Å². The Bertz CT molecular complexity index is 1720. The monoisotopic (exact) mass is 645 g/mol. The largest absolute Gasteiger partial charge is 0.495 e. The number of imidazole rings is 1. The molecular formula is C42H56BN3O2. The van der Waals surface area contributed by atoms with Crippen molar-refractivity contribution in [3.05, 3.63) is 58.5 Å². The Morgan fingerprint density at radius 3 is 2.25 bits per heavy atom. The number of H-pyrrole nitrogens is 1. The third-order valence-corrected chi connectivity index (χ3v) is 14.1. The van der Waals surface area contributed by atoms with E-state index in [2.05, 4.69) is 81.9 Å². The Morgan fingerprint density at radius 1 is 0.854 bits per heavy atom. The van der Waals surface area contributed by atoms with Gasteiger partial charge in [0.25, 0.3) is 0 Å². The first-order chi connectivity index (χ1) is 23.0. The lowest BCUT2D eigenvalue weighted by atomic mass is 9.72. The highest BCUT2D eigenvalue weighted by Gasteiger charge is 2.54. The first-order valence-corrected chi connectivity index (χ1v) is 19.5. The fraction of sp³-hybridized carbons (Fsp3) is 0.643. The van der Waals surface area contributed by atoms with Crippen LogP contribution in [0.1, 0.15) is 152 Å². The van der Waals surface area contributed by atoms with E-state index in [1.54, 1.807) is 16.7 Å². The number of fused-ring (bicyclic) bond motifs is 6. The molecule has 9 rings (SSSR count). The minimum absolute atomic E-state index is 0.297. The third kappa shape index (κ3) is 4.94. The molecule has 2 bridgehead atoms. The summed E-state index contributed by atoms with van der Waals surface area (Å²) in [5.41, 5.74) is 13.0. The van der Waals surface area contributed by atoms with Crippen LogP contribution in [0.15, 0.2) is 30.5 Å². The number of nitrogens with one attached hydrogen (secondary N) is 1. The van der Waals surface area contributed by atoms with E-state index >= 15 is 0 Å². The van der Waals surface area contributed by atoms with Crippen LogP contribution in [-0.4, -0.2) is 46.3 Å². The van der Waals surface area contributed by atoms with Crippen LogP contribution in [0.25, 0.3) is 22.4 Å². The van der Waals surface area contributed by atoms with Gasteiger partial charge in [0, 0.05) is 5.56 Å². The summed E-state index contributed by atoms with van der Waals surface area (Å²) in [4.78, 5) is 11.6. The minimum atomic E-state index is -0.334. The Balaban J connectivity index is 1.11. The van der Waals surface area contributed by atoms with Crippen molar-refractivity contribution in [1.82, 2.24) is 14.9 Å². The van der Waals surface area contributed by atoms with Crippen molar-refractivity contribution in [3.8, 4) is 22.4 Å². The van der Waals surface area contributed by atoms with Crippen molar-refractivity contribution in [2.75, 3.05) is 13.1 Å². The highest BCUT2D eigenvalue weighted by molar-refractivity contribution is 6.62. The Morgan fingerprint density at radius 2 is 1.52 bits per heavy atom. The van der Waals surface area contributed by atoms with Gasteiger partial charge in [-0.05, 0) is 167 Å². The fourth-order valence-electron chi connectivity index (χ4n) is 10.8. The van der Waals surface area contributed by atoms with Crippen LogP contribution in [0.4, 0.5) is 0 Å². The molecule has 4 aliphatic carbocycles. The van der Waals surface area contributed by atoms with Gasteiger partial charge in [0.1, 0.15) is 5.82 Å². The van der Waals surface area contributed by atoms with Gasteiger partial charge in [-0.3, -0.25) is 4.90 Å². The van der Waals surface area contributed by atoms with Crippen LogP contribution in [0.5, 0.6) is 0 Å². The summed E-state index contributed by atoms with van der Waals surface area (Å²) in [5.74, 6) is 3.24. The molecule has 2 saturated carbocycles. The van der Waals surface area contributed by atoms with E-state index in [4.69, 9.17) is 14.3 Å². The van der Waals surface area contributed by atoms with Crippen molar-refractivity contribution < 1.29 is 9.31 Å². The molecule has 3 unspecified atom stereocenters. The van der Waals surface area contributed by atoms with E-state index in [1.165, 1.54) is 129 Å². The van der Waals surface area contributed by atoms with Gasteiger partial charge in [-0.1, -0.05) is 51.0 Å². The second kappa shape index (κ2) is 11.3. The SMILES string of the molecule is CC(C)CCN1CCCC1c1ncc(-c2ccc(-c3ccc(B4OC(C)(C)C(C)(C)O4)c4c3CC3(CCCC3)C4)c3c2C2CCC3C2)[nH]1. The molecule has 6 aliphatic rings. The van der Waals surface area contributed by atoms with Gasteiger partial charge >= 0.3 is 7.12 Å². The van der Waals surface area contributed by atoms with Crippen molar-refractivity contribution in [2.24, 2.45) is 11.3 Å². The van der Waals surface area contributed by atoms with Crippen molar-refractivity contribution in [1.29, 1.82) is 0 Å². The summed E-state index contributed by atoms with van der Waals surface area (Å²) in [5, 5.41) is 0. The standard InChI is InChI=1S/C42H56BN3O2/c1-26(2)17-21-46-20-9-10-36(46)39-44-25-35(45-39)31-14-13-30(37-27-11-12-28(22-27)38(31)37)29-15-16-34(43-47-40(3,4)41(5,6)48-43)33-24-42(23-32(29)33)18-7-8-19-42/h13-16,25-28,36H,7-12,17-24H2,1-6H3,(H,44,45). The molecule has 2 saturated heterocycles. The number of nitrogens with zero attached hydrogens (tertiary/aromatic N) is 2. The van der Waals surface area contributed by atoms with Gasteiger partial charge in [0.05, 0.1) is 29.1 Å². The summed E-state index contributed by atoms with van der Waals surface area (Å²) in [6, 6.07) is 10.2. The average Bonchev–Trinajstić information content (AvgIpc) is 3.90. The van der Waals surface area contributed by atoms with Crippen LogP contribution in [0, 0.1) is 11.3 Å². The topological polar surface area (TPSA) is 50.4 Å². The molecule has 2 aliphatic heterocycles. The van der Waals surface area contributed by atoms with E-state index in [9.17, 15) is 0 Å². The maximum Gasteiger partial charge on any atom is 0.495 e. The highest BCUT2D eigenvalue weighted by atomic mass is 16.7. The Labute approximate surface area is 289 Å². The van der Waals surface area contributed by atoms with Crippen LogP contribution in [0.3, 0.4) is 0 Å². The number of rotatable bonds is 7. The smallest absolute Gasteiger partial charge is 0.399 e. The molecular weight excluding hydrogens is 589 g/mol. The number of aromatic amines is 1. The van der Waals surface area contributed by atoms with Gasteiger partial charge < -0.3 is 14.3 Å². The predicted molar refractivity (Wildman–Crippen MR) is 196 cm³/mol. The molecule has 3 aromatic rings. The van der Waals surface area contributed by atoms with E-state index in [1.807, 2.05) is 0 Å². The normalized spacial score (nSPS) is 28.0. The van der Waals surface area contributed by atoms with Crippen LogP contribution >= 0.6 is 0 Å². The first kappa shape index (κ1) is 31.6. The fourth-order valence-corrected chi connectivity index (χ4v) is 10.8. The zero-order chi connectivity index (χ0) is 33.0. The molecule has 5 nitrogen and oxygen atoms in total. The minimum Gasteiger partial charge on any atom is -0.399 e. The van der Waals surface area contributed by atoms with Crippen molar-refractivity contribution in [2.45, 2.75) is 148 Å². The Hall–Kier alpha value is -2.41. The molecule has 1 N–H and O–H groups in total. The molecule has 0 radical (unpaired) electrons. The van der Waals surface area contributed by atoms with E-state index in [0.29, 0.717) is 23.3 Å². The van der Waals surface area contributed by atoms with E-state index < -0.39 is 0 Å². The quantitative estimate of drug-likeness (QED) is 0.260. The number of benzene rings is 2. The number of aromatic nitrogens is 2. The zero-order valence-electron chi connectivity index (χ0n) is 30.4. The molecule has 4 fully saturated rings. The van der Waals surface area contributed by atoms with Crippen molar-refractivity contribution in [3.63, 3.8) is 0 Å². The average molecular weight is 646 g/mol. The molecule has 254 valence electrons. The molecule has 1 spiro atoms. The van der Waals surface area contributed by atoms with Gasteiger partial charge in [-0.25, -0.2) is 4.98 Å². The molecule has 6 heteroatoms. The number of hydrogen-bond donors (Lipinski definition) is 1. The maximum atomic E-state index is 6.69. The zero-order valence-corrected chi connectivity index (χ0v) is 30.4. The summed E-state index contributed by atoms with van der Waals surface area (Å²) >= 11 is 0. The molecule has 0 amide bonds. The summed E-state index contributed by atoms with van der Waals surface area (Å²) in [6.45, 7) is 15.8. The van der Waals surface area contributed by atoms with Gasteiger partial charge in [0.15, 0.2) is 0 Å². The second-order valence-electron chi connectivity index (χ2n) is 18.1. The summed E-state index contributed by atoms with van der Waals surface area (Å²) < 4.78 is 13.4. The third-order valence-electron chi connectivity index (χ3n) is 14.1. The highest BCUT2D eigenvalue weighted by Crippen LogP contribution is 2.59. The van der Waals surface area contributed by atoms with Gasteiger partial charge in [-0.15, -0.1) is 0 Å². The summed E-state index contributed by atoms with van der Waals surface area (Å²) in [7, 11) is -0.297. The van der Waals surface area contributed by atoms with Gasteiger partial charge in [0.2, 0.25) is 0 Å². The van der Waals surface area contributed by atoms with E-state index in [0.717, 1.165) is 5.92 Å². The molecule has 3 atom stereocenters. The van der Waals surface area contributed by atoms with Crippen LogP contribution in [-0.2, 0) is 22.2 Å². The molecule has 1 aromatic heterocycles. The summed E-state index contributed by atoms with van der Waals surface area (Å²) in [6.07, 6.45) is 17.7. The van der Waals surface area contributed by atoms with Crippen LogP contribution < -0.4 is 5.46 Å². The maximum absolute atomic E-state index is 6.69. The lowest BCUT2D eigenvalue weighted by Crippen LogP contribution is -2.41. The Kier molecular flexibility index (Phi) is 7.43. The molecule has 2 aromatic carbocycles. The first-order valence-electron chi connectivity index (χ1n) is 19.5.